The van der Waals surface area contributed by atoms with Crippen LogP contribution < -0.4 is 22.1 Å². The van der Waals surface area contributed by atoms with Gasteiger partial charge in [0.25, 0.3) is 0 Å². The molecule has 1 rings (SSSR count). The Kier molecular flexibility index (Phi) is 7.83. The van der Waals surface area contributed by atoms with E-state index in [1.165, 1.54) is 0 Å². The van der Waals surface area contributed by atoms with Crippen LogP contribution >= 0.6 is 67.8 Å². The number of amides is 4. The summed E-state index contributed by atoms with van der Waals surface area (Å²) in [6.07, 6.45) is -0.824. The minimum atomic E-state index is -0.968. The summed E-state index contributed by atoms with van der Waals surface area (Å²) < 4.78 is 1.88. The van der Waals surface area contributed by atoms with Crippen molar-refractivity contribution in [1.29, 1.82) is 0 Å². The standard InChI is InChI=1S/C11H13I3N4O4/c12-5-4(1-3(20)2-19)6(13)9(18-11(16)22)7(14)8(5)17-10(15)21/h3,19-20H,1-2H2,(H3,15,17,21)(H3,16,18,22). The van der Waals surface area contributed by atoms with Crippen LogP contribution in [0.3, 0.4) is 0 Å². The topological polar surface area (TPSA) is 151 Å². The molecule has 0 saturated heterocycles. The molecular formula is C11H13I3N4O4. The number of hydrogen-bond donors (Lipinski definition) is 6. The minimum Gasteiger partial charge on any atom is -0.394 e. The van der Waals surface area contributed by atoms with Gasteiger partial charge in [-0.1, -0.05) is 0 Å². The Labute approximate surface area is 167 Å². The smallest absolute Gasteiger partial charge is 0.316 e. The normalized spacial score (nSPS) is 11.9. The summed E-state index contributed by atoms with van der Waals surface area (Å²) in [6, 6.07) is -1.51. The molecule has 0 aliphatic rings. The molecule has 1 atom stereocenters. The fraction of sp³-hybridized carbons (Fsp3) is 0.273. The zero-order chi connectivity index (χ0) is 17.0. The summed E-state index contributed by atoms with van der Waals surface area (Å²) in [6.45, 7) is -0.407. The third-order valence-electron chi connectivity index (χ3n) is 2.55. The molecule has 0 aromatic heterocycles. The molecule has 22 heavy (non-hydrogen) atoms. The summed E-state index contributed by atoms with van der Waals surface area (Å²) in [5.74, 6) is 0. The predicted octanol–water partition coefficient (Wildman–Crippen LogP) is 1.38. The third-order valence-corrected chi connectivity index (χ3v) is 6.01. The van der Waals surface area contributed by atoms with Crippen molar-refractivity contribution in [2.24, 2.45) is 11.5 Å². The minimum absolute atomic E-state index is 0.144. The molecule has 4 amide bonds. The number of aliphatic hydroxyl groups is 2. The molecule has 0 aliphatic heterocycles. The first-order chi connectivity index (χ1) is 10.2. The Balaban J connectivity index is 3.53. The number of nitrogens with two attached hydrogens (primary N) is 2. The van der Waals surface area contributed by atoms with Crippen LogP contribution in [0.5, 0.6) is 0 Å². The van der Waals surface area contributed by atoms with Crippen molar-refractivity contribution < 1.29 is 19.8 Å². The lowest BCUT2D eigenvalue weighted by Gasteiger charge is -2.20. The number of carbonyl (C=O) groups is 2. The number of aliphatic hydroxyl groups excluding tert-OH is 2. The second-order valence-electron chi connectivity index (χ2n) is 4.19. The van der Waals surface area contributed by atoms with E-state index in [1.807, 2.05) is 67.8 Å². The number of carbonyl (C=O) groups excluding carboxylic acids is 2. The highest BCUT2D eigenvalue weighted by Gasteiger charge is 2.23. The Morgan fingerprint density at radius 3 is 1.73 bits per heavy atom. The van der Waals surface area contributed by atoms with Gasteiger partial charge in [-0.05, 0) is 73.3 Å². The molecule has 1 aromatic carbocycles. The molecule has 122 valence electrons. The van der Waals surface area contributed by atoms with E-state index in [9.17, 15) is 14.7 Å². The Morgan fingerprint density at radius 2 is 1.41 bits per heavy atom. The molecule has 0 fully saturated rings. The van der Waals surface area contributed by atoms with Crippen LogP contribution in [-0.2, 0) is 6.42 Å². The van der Waals surface area contributed by atoms with Gasteiger partial charge in [-0.3, -0.25) is 0 Å². The Bertz CT molecular complexity index is 568. The van der Waals surface area contributed by atoms with Crippen LogP contribution in [0.1, 0.15) is 5.56 Å². The van der Waals surface area contributed by atoms with Crippen molar-refractivity contribution in [2.75, 3.05) is 17.2 Å². The van der Waals surface area contributed by atoms with Gasteiger partial charge in [-0.25, -0.2) is 9.59 Å². The van der Waals surface area contributed by atoms with Gasteiger partial charge < -0.3 is 32.3 Å². The van der Waals surface area contributed by atoms with E-state index >= 15 is 0 Å². The quantitative estimate of drug-likeness (QED) is 0.268. The number of nitrogens with one attached hydrogen (secondary N) is 2. The van der Waals surface area contributed by atoms with Crippen LogP contribution in [0, 0.1) is 10.7 Å². The summed E-state index contributed by atoms with van der Waals surface area (Å²) >= 11 is 5.97. The highest BCUT2D eigenvalue weighted by Crippen LogP contribution is 2.39. The van der Waals surface area contributed by atoms with E-state index in [4.69, 9.17) is 16.6 Å². The molecule has 0 bridgehead atoms. The average Bonchev–Trinajstić information content (AvgIpc) is 2.43. The Morgan fingerprint density at radius 1 is 1.00 bits per heavy atom. The maximum atomic E-state index is 11.2. The summed E-state index contributed by atoms with van der Waals surface area (Å²) in [4.78, 5) is 22.4. The third kappa shape index (κ3) is 4.93. The van der Waals surface area contributed by atoms with E-state index < -0.39 is 24.8 Å². The number of rotatable bonds is 5. The van der Waals surface area contributed by atoms with E-state index in [2.05, 4.69) is 10.6 Å². The lowest BCUT2D eigenvalue weighted by Crippen LogP contribution is -2.25. The zero-order valence-corrected chi connectivity index (χ0v) is 17.5. The first-order valence-corrected chi connectivity index (χ1v) is 9.03. The summed E-state index contributed by atoms with van der Waals surface area (Å²) in [5, 5.41) is 23.7. The monoisotopic (exact) mass is 646 g/mol. The van der Waals surface area contributed by atoms with Gasteiger partial charge in [-0.15, -0.1) is 0 Å². The summed E-state index contributed by atoms with van der Waals surface area (Å²) in [5.41, 5.74) is 11.8. The van der Waals surface area contributed by atoms with E-state index in [0.29, 0.717) is 27.6 Å². The average molecular weight is 646 g/mol. The molecule has 8 nitrogen and oxygen atoms in total. The molecule has 8 N–H and O–H groups in total. The second-order valence-corrected chi connectivity index (χ2v) is 7.43. The van der Waals surface area contributed by atoms with Crippen LogP contribution in [-0.4, -0.2) is 35.0 Å². The number of urea groups is 2. The van der Waals surface area contributed by atoms with Crippen LogP contribution in [0.25, 0.3) is 0 Å². The van der Waals surface area contributed by atoms with E-state index in [1.54, 1.807) is 0 Å². The molecule has 0 heterocycles. The predicted molar refractivity (Wildman–Crippen MR) is 108 cm³/mol. The lowest BCUT2D eigenvalue weighted by atomic mass is 10.1. The van der Waals surface area contributed by atoms with Crippen molar-refractivity contribution in [1.82, 2.24) is 0 Å². The Hall–Kier alpha value is -0.130. The van der Waals surface area contributed by atoms with Gasteiger partial charge >= 0.3 is 12.1 Å². The fourth-order valence-electron chi connectivity index (χ4n) is 1.66. The molecular weight excluding hydrogens is 633 g/mol. The van der Waals surface area contributed by atoms with E-state index in [0.717, 1.165) is 0 Å². The van der Waals surface area contributed by atoms with Gasteiger partial charge in [0.1, 0.15) is 0 Å². The second kappa shape index (κ2) is 8.65. The maximum Gasteiger partial charge on any atom is 0.316 e. The van der Waals surface area contributed by atoms with Crippen molar-refractivity contribution >= 4 is 91.2 Å². The number of benzene rings is 1. The lowest BCUT2D eigenvalue weighted by molar-refractivity contribution is 0.0952. The van der Waals surface area contributed by atoms with Crippen LogP contribution in [0.4, 0.5) is 21.0 Å². The summed E-state index contributed by atoms with van der Waals surface area (Å²) in [7, 11) is 0. The molecule has 0 radical (unpaired) electrons. The highest BCUT2D eigenvalue weighted by molar-refractivity contribution is 14.1. The molecule has 1 unspecified atom stereocenters. The molecule has 0 saturated carbocycles. The first-order valence-electron chi connectivity index (χ1n) is 5.80. The van der Waals surface area contributed by atoms with Crippen molar-refractivity contribution in [3.05, 3.63) is 16.3 Å². The van der Waals surface area contributed by atoms with Crippen LogP contribution in [0.2, 0.25) is 0 Å². The van der Waals surface area contributed by atoms with Crippen molar-refractivity contribution in [2.45, 2.75) is 12.5 Å². The zero-order valence-electron chi connectivity index (χ0n) is 11.0. The highest BCUT2D eigenvalue weighted by atomic mass is 127. The first kappa shape index (κ1) is 19.9. The van der Waals surface area contributed by atoms with Gasteiger partial charge in [0, 0.05) is 13.6 Å². The number of hydrogen-bond acceptors (Lipinski definition) is 4. The van der Waals surface area contributed by atoms with Crippen LogP contribution in [0.15, 0.2) is 0 Å². The molecule has 11 heteroatoms. The fourth-order valence-corrected chi connectivity index (χ4v) is 5.81. The van der Waals surface area contributed by atoms with Gasteiger partial charge in [0.05, 0.1) is 27.7 Å². The molecule has 1 aromatic rings. The number of halogens is 3. The van der Waals surface area contributed by atoms with Gasteiger partial charge in [-0.2, -0.15) is 0 Å². The molecule has 0 spiro atoms. The van der Waals surface area contributed by atoms with E-state index in [-0.39, 0.29) is 6.42 Å². The van der Waals surface area contributed by atoms with Crippen molar-refractivity contribution in [3.63, 3.8) is 0 Å². The van der Waals surface area contributed by atoms with Gasteiger partial charge in [0.15, 0.2) is 0 Å². The van der Waals surface area contributed by atoms with Crippen molar-refractivity contribution in [3.8, 4) is 0 Å². The number of primary amides is 2. The maximum absolute atomic E-state index is 11.2. The number of anilines is 2. The SMILES string of the molecule is NC(=O)Nc1c(I)c(CC(O)CO)c(I)c(NC(N)=O)c1I. The largest absolute Gasteiger partial charge is 0.394 e. The van der Waals surface area contributed by atoms with Gasteiger partial charge in [0.2, 0.25) is 0 Å². The molecule has 0 aliphatic carbocycles.